The molecule has 1 aliphatic carbocycles. The number of aromatic hydroxyl groups is 2. The van der Waals surface area contributed by atoms with Crippen LogP contribution in [0.4, 0.5) is 0 Å². The van der Waals surface area contributed by atoms with Crippen molar-refractivity contribution in [2.45, 2.75) is 37.3 Å². The molecule has 0 bridgehead atoms. The van der Waals surface area contributed by atoms with E-state index in [4.69, 9.17) is 9.47 Å². The van der Waals surface area contributed by atoms with Gasteiger partial charge in [-0.3, -0.25) is 4.79 Å². The van der Waals surface area contributed by atoms with Gasteiger partial charge in [0.15, 0.2) is 6.10 Å². The predicted octanol–water partition coefficient (Wildman–Crippen LogP) is 2.43. The number of aryl methyl sites for hydroxylation is 1. The molecule has 0 aromatic heterocycles. The van der Waals surface area contributed by atoms with Gasteiger partial charge in [-0.25, -0.2) is 4.79 Å². The fourth-order valence-corrected chi connectivity index (χ4v) is 4.99. The first-order valence-corrected chi connectivity index (χ1v) is 11.2. The highest BCUT2D eigenvalue weighted by Crippen LogP contribution is 2.47. The minimum atomic E-state index is -1.50. The Hall–Kier alpha value is -3.72. The molecule has 0 spiro atoms. The number of ketones is 1. The highest BCUT2D eigenvalue weighted by atomic mass is 16.6. The van der Waals surface area contributed by atoms with E-state index in [1.54, 1.807) is 55.5 Å². The minimum Gasteiger partial charge on any atom is -0.507 e. The van der Waals surface area contributed by atoms with E-state index in [1.165, 1.54) is 12.1 Å². The number of esters is 1. The van der Waals surface area contributed by atoms with Crippen molar-refractivity contribution < 1.29 is 39.5 Å². The van der Waals surface area contributed by atoms with Gasteiger partial charge in [0.05, 0.1) is 29.4 Å². The summed E-state index contributed by atoms with van der Waals surface area (Å²) < 4.78 is 11.4. The summed E-state index contributed by atoms with van der Waals surface area (Å²) in [5.41, 5.74) is 1.82. The monoisotopic (exact) mass is 476 g/mol. The molecular weight excluding hydrogens is 452 g/mol. The van der Waals surface area contributed by atoms with Crippen LogP contribution in [-0.2, 0) is 9.47 Å². The second-order valence-electron chi connectivity index (χ2n) is 8.89. The number of hydrogen-bond acceptors (Lipinski definition) is 8. The van der Waals surface area contributed by atoms with Gasteiger partial charge in [0.1, 0.15) is 23.7 Å². The van der Waals surface area contributed by atoms with E-state index in [-0.39, 0.29) is 29.2 Å². The Morgan fingerprint density at radius 1 is 0.914 bits per heavy atom. The van der Waals surface area contributed by atoms with Gasteiger partial charge in [0.25, 0.3) is 0 Å². The van der Waals surface area contributed by atoms with Gasteiger partial charge in [0, 0.05) is 5.92 Å². The molecule has 3 aromatic rings. The van der Waals surface area contributed by atoms with Gasteiger partial charge in [-0.15, -0.1) is 0 Å². The molecule has 1 aliphatic heterocycles. The van der Waals surface area contributed by atoms with Crippen LogP contribution in [0.1, 0.15) is 48.9 Å². The molecule has 0 saturated carbocycles. The lowest BCUT2D eigenvalue weighted by Crippen LogP contribution is -2.56. The zero-order valence-electron chi connectivity index (χ0n) is 18.8. The van der Waals surface area contributed by atoms with Gasteiger partial charge >= 0.3 is 5.97 Å². The molecule has 8 nitrogen and oxygen atoms in total. The van der Waals surface area contributed by atoms with Crippen molar-refractivity contribution in [3.8, 4) is 11.5 Å². The molecule has 1 fully saturated rings. The molecule has 35 heavy (non-hydrogen) atoms. The van der Waals surface area contributed by atoms with Gasteiger partial charge in [-0.2, -0.15) is 0 Å². The van der Waals surface area contributed by atoms with Crippen LogP contribution in [0.25, 0.3) is 0 Å². The number of phenolic OH excluding ortho intramolecular Hbond substituents is 2. The smallest absolute Gasteiger partial charge is 0.338 e. The van der Waals surface area contributed by atoms with Crippen LogP contribution in [0.2, 0.25) is 0 Å². The lowest BCUT2D eigenvalue weighted by atomic mass is 9.71. The average Bonchev–Trinajstić information content (AvgIpc) is 2.83. The maximum atomic E-state index is 13.2. The second-order valence-corrected chi connectivity index (χ2v) is 8.89. The number of phenols is 2. The Labute approximate surface area is 201 Å². The summed E-state index contributed by atoms with van der Waals surface area (Å²) in [6.07, 6.45) is -5.14. The minimum absolute atomic E-state index is 0.00655. The highest BCUT2D eigenvalue weighted by molar-refractivity contribution is 6.16. The predicted molar refractivity (Wildman–Crippen MR) is 124 cm³/mol. The third-order valence-corrected chi connectivity index (χ3v) is 6.61. The molecule has 2 aliphatic rings. The Morgan fingerprint density at radius 3 is 2.37 bits per heavy atom. The normalized spacial score (nSPS) is 25.5. The Morgan fingerprint density at radius 2 is 1.63 bits per heavy atom. The first-order chi connectivity index (χ1) is 16.8. The molecule has 1 saturated heterocycles. The van der Waals surface area contributed by atoms with Crippen LogP contribution < -0.4 is 0 Å². The SMILES string of the molecule is Cc1cc(O)c2c(c1)[C@H]([C@H]1OC[C@@H](OC(=O)c3ccccc3)[C@@H](O)[C@@H]1O)c1cccc(O)c1C2=O. The number of aliphatic hydroxyl groups excluding tert-OH is 2. The largest absolute Gasteiger partial charge is 0.507 e. The van der Waals surface area contributed by atoms with Crippen LogP contribution in [0.5, 0.6) is 11.5 Å². The lowest BCUT2D eigenvalue weighted by Gasteiger charge is -2.42. The summed E-state index contributed by atoms with van der Waals surface area (Å²) in [5, 5.41) is 43.0. The highest BCUT2D eigenvalue weighted by Gasteiger charge is 2.48. The van der Waals surface area contributed by atoms with Crippen molar-refractivity contribution in [2.75, 3.05) is 6.61 Å². The summed E-state index contributed by atoms with van der Waals surface area (Å²) in [6.45, 7) is 1.55. The van der Waals surface area contributed by atoms with Gasteiger partial charge in [0.2, 0.25) is 5.78 Å². The molecule has 0 amide bonds. The molecule has 4 N–H and O–H groups in total. The first kappa shape index (κ1) is 23.0. The lowest BCUT2D eigenvalue weighted by molar-refractivity contribution is -0.191. The van der Waals surface area contributed by atoms with E-state index in [0.29, 0.717) is 22.3 Å². The standard InChI is InChI=1S/C27H24O8/c1-13-10-16-20(15-8-5-9-17(28)21(15)24(31)22(16)18(29)11-13)26-25(32)23(30)19(12-34-26)35-27(33)14-6-3-2-4-7-14/h2-11,19-20,23,25-26,28-30,32H,12H2,1H3/t19-,20-,23-,25+,26-/m1/s1. The van der Waals surface area contributed by atoms with Crippen LogP contribution in [0.15, 0.2) is 60.7 Å². The number of ether oxygens (including phenoxy) is 2. The summed E-state index contributed by atoms with van der Waals surface area (Å²) in [6, 6.07) is 16.0. The van der Waals surface area contributed by atoms with E-state index >= 15 is 0 Å². The van der Waals surface area contributed by atoms with Crippen molar-refractivity contribution in [3.63, 3.8) is 0 Å². The van der Waals surface area contributed by atoms with Crippen molar-refractivity contribution in [1.82, 2.24) is 0 Å². The zero-order chi connectivity index (χ0) is 24.9. The molecule has 5 atom stereocenters. The quantitative estimate of drug-likeness (QED) is 0.424. The van der Waals surface area contributed by atoms with E-state index in [9.17, 15) is 30.0 Å². The number of rotatable bonds is 3. The van der Waals surface area contributed by atoms with Crippen molar-refractivity contribution >= 4 is 11.8 Å². The van der Waals surface area contributed by atoms with Crippen LogP contribution in [0, 0.1) is 6.92 Å². The zero-order valence-corrected chi connectivity index (χ0v) is 18.8. The summed E-state index contributed by atoms with van der Waals surface area (Å²) >= 11 is 0. The first-order valence-electron chi connectivity index (χ1n) is 11.2. The number of fused-ring (bicyclic) bond motifs is 2. The molecule has 5 rings (SSSR count). The topological polar surface area (TPSA) is 134 Å². The number of hydrogen-bond donors (Lipinski definition) is 4. The van der Waals surface area contributed by atoms with E-state index in [0.717, 1.165) is 0 Å². The maximum Gasteiger partial charge on any atom is 0.338 e. The van der Waals surface area contributed by atoms with Crippen molar-refractivity contribution in [1.29, 1.82) is 0 Å². The van der Waals surface area contributed by atoms with E-state index < -0.39 is 42.1 Å². The van der Waals surface area contributed by atoms with E-state index in [2.05, 4.69) is 0 Å². The van der Waals surface area contributed by atoms with Gasteiger partial charge in [-0.05, 0) is 47.9 Å². The second kappa shape index (κ2) is 8.81. The van der Waals surface area contributed by atoms with Crippen LogP contribution in [0.3, 0.4) is 0 Å². The molecule has 3 aromatic carbocycles. The molecule has 0 radical (unpaired) electrons. The molecule has 180 valence electrons. The number of carbonyl (C=O) groups excluding carboxylic acids is 2. The third kappa shape index (κ3) is 3.85. The summed E-state index contributed by atoms with van der Waals surface area (Å²) in [7, 11) is 0. The third-order valence-electron chi connectivity index (χ3n) is 6.61. The Balaban J connectivity index is 1.50. The van der Waals surface area contributed by atoms with Crippen molar-refractivity contribution in [3.05, 3.63) is 94.0 Å². The van der Waals surface area contributed by atoms with Crippen molar-refractivity contribution in [2.24, 2.45) is 0 Å². The number of aliphatic hydroxyl groups is 2. The Bertz CT molecular complexity index is 1300. The summed E-state index contributed by atoms with van der Waals surface area (Å²) in [4.78, 5) is 25.7. The number of carbonyl (C=O) groups is 2. The van der Waals surface area contributed by atoms with Gasteiger partial charge in [-0.1, -0.05) is 36.4 Å². The molecule has 1 heterocycles. The summed E-state index contributed by atoms with van der Waals surface area (Å²) in [5.74, 6) is -2.49. The fraction of sp³-hybridized carbons (Fsp3) is 0.259. The molecular formula is C27H24O8. The number of benzene rings is 3. The van der Waals surface area contributed by atoms with Crippen LogP contribution in [-0.4, -0.2) is 63.2 Å². The van der Waals surface area contributed by atoms with Gasteiger partial charge < -0.3 is 29.9 Å². The van der Waals surface area contributed by atoms with E-state index in [1.807, 2.05) is 0 Å². The fourth-order valence-electron chi connectivity index (χ4n) is 4.99. The maximum absolute atomic E-state index is 13.2. The molecule has 0 unspecified atom stereocenters. The Kier molecular flexibility index (Phi) is 5.80. The van der Waals surface area contributed by atoms with Crippen LogP contribution >= 0.6 is 0 Å². The average molecular weight is 476 g/mol. The molecule has 8 heteroatoms.